The van der Waals surface area contributed by atoms with Crippen molar-refractivity contribution in [3.8, 4) is 0 Å². The van der Waals surface area contributed by atoms with E-state index in [0.29, 0.717) is 5.41 Å². The summed E-state index contributed by atoms with van der Waals surface area (Å²) in [6, 6.07) is 0. The van der Waals surface area contributed by atoms with E-state index in [2.05, 4.69) is 24.5 Å². The van der Waals surface area contributed by atoms with Crippen LogP contribution in [-0.4, -0.2) is 33.5 Å². The Kier molecular flexibility index (Phi) is 4.85. The second kappa shape index (κ2) is 5.69. The van der Waals surface area contributed by atoms with E-state index in [9.17, 15) is 0 Å². The average Bonchev–Trinajstić information content (AvgIpc) is 2.19. The van der Waals surface area contributed by atoms with Gasteiger partial charge in [-0.1, -0.05) is 13.8 Å². The molecule has 1 saturated heterocycles. The maximum Gasteiger partial charge on any atom is 0.0468 e. The average molecular weight is 200 g/mol. The molecule has 1 rings (SSSR count). The largest absolute Gasteiger partial charge is 0.381 e. The van der Waals surface area contributed by atoms with Gasteiger partial charge >= 0.3 is 0 Å². The fraction of sp³-hybridized carbons (Fsp3) is 1.00. The molecule has 1 aliphatic heterocycles. The van der Waals surface area contributed by atoms with Gasteiger partial charge < -0.3 is 15.4 Å². The molecule has 2 N–H and O–H groups in total. The van der Waals surface area contributed by atoms with Crippen LogP contribution >= 0.6 is 0 Å². The van der Waals surface area contributed by atoms with E-state index in [4.69, 9.17) is 4.74 Å². The van der Waals surface area contributed by atoms with Gasteiger partial charge in [0.25, 0.3) is 0 Å². The highest BCUT2D eigenvalue weighted by molar-refractivity contribution is 4.81. The predicted octanol–water partition coefficient (Wildman–Crippen LogP) is 1.21. The van der Waals surface area contributed by atoms with Gasteiger partial charge in [-0.05, 0) is 31.2 Å². The number of hydrogen-bond donors (Lipinski definition) is 2. The van der Waals surface area contributed by atoms with E-state index < -0.39 is 0 Å². The molecule has 0 aromatic carbocycles. The Balaban J connectivity index is 2.29. The van der Waals surface area contributed by atoms with Crippen molar-refractivity contribution < 1.29 is 4.74 Å². The Morgan fingerprint density at radius 3 is 2.50 bits per heavy atom. The lowest BCUT2D eigenvalue weighted by atomic mass is 9.74. The topological polar surface area (TPSA) is 33.3 Å². The van der Waals surface area contributed by atoms with Crippen LogP contribution in [0.15, 0.2) is 0 Å². The van der Waals surface area contributed by atoms with E-state index in [1.54, 1.807) is 0 Å². The molecule has 0 aliphatic carbocycles. The summed E-state index contributed by atoms with van der Waals surface area (Å²) in [5, 5.41) is 6.53. The fourth-order valence-electron chi connectivity index (χ4n) is 2.13. The number of ether oxygens (including phenoxy) is 1. The summed E-state index contributed by atoms with van der Waals surface area (Å²) in [6.07, 6.45) is 2.43. The molecule has 1 aliphatic rings. The van der Waals surface area contributed by atoms with Gasteiger partial charge in [-0.15, -0.1) is 0 Å². The van der Waals surface area contributed by atoms with Crippen LogP contribution in [0.25, 0.3) is 0 Å². The lowest BCUT2D eigenvalue weighted by molar-refractivity contribution is 0.0228. The quantitative estimate of drug-likeness (QED) is 0.517. The van der Waals surface area contributed by atoms with Crippen molar-refractivity contribution in [1.29, 1.82) is 0 Å². The monoisotopic (exact) mass is 200 g/mol. The third kappa shape index (κ3) is 3.56. The molecule has 3 nitrogen and oxygen atoms in total. The summed E-state index contributed by atoms with van der Waals surface area (Å²) in [5.41, 5.74) is 0.390. The van der Waals surface area contributed by atoms with Gasteiger partial charge in [0.1, 0.15) is 0 Å². The Labute approximate surface area is 87.6 Å². The van der Waals surface area contributed by atoms with E-state index in [1.165, 1.54) is 12.8 Å². The summed E-state index contributed by atoms with van der Waals surface area (Å²) >= 11 is 0. The van der Waals surface area contributed by atoms with Crippen LogP contribution in [0.3, 0.4) is 0 Å². The minimum absolute atomic E-state index is 0.390. The Hall–Kier alpha value is -0.120. The second-order valence-corrected chi connectivity index (χ2v) is 4.83. The smallest absolute Gasteiger partial charge is 0.0468 e. The maximum atomic E-state index is 5.39. The molecule has 0 radical (unpaired) electrons. The van der Waals surface area contributed by atoms with Crippen LogP contribution in [0, 0.1) is 11.3 Å². The van der Waals surface area contributed by atoms with Crippen LogP contribution in [0.5, 0.6) is 0 Å². The van der Waals surface area contributed by atoms with Crippen molar-refractivity contribution in [1.82, 2.24) is 10.6 Å². The molecule has 0 saturated carbocycles. The van der Waals surface area contributed by atoms with Crippen LogP contribution in [0.2, 0.25) is 0 Å². The van der Waals surface area contributed by atoms with Crippen molar-refractivity contribution in [3.05, 3.63) is 0 Å². The molecule has 1 heterocycles. The van der Waals surface area contributed by atoms with E-state index in [-0.39, 0.29) is 0 Å². The Morgan fingerprint density at radius 1 is 1.29 bits per heavy atom. The normalized spacial score (nSPS) is 19.9. The van der Waals surface area contributed by atoms with Crippen molar-refractivity contribution in [2.45, 2.75) is 26.7 Å². The fourth-order valence-corrected chi connectivity index (χ4v) is 2.13. The molecular formula is C11H24N2O. The zero-order valence-corrected chi connectivity index (χ0v) is 9.73. The zero-order chi connectivity index (χ0) is 10.4. The summed E-state index contributed by atoms with van der Waals surface area (Å²) < 4.78 is 5.39. The first-order chi connectivity index (χ1) is 6.67. The maximum absolute atomic E-state index is 5.39. The third-order valence-corrected chi connectivity index (χ3v) is 3.21. The van der Waals surface area contributed by atoms with Crippen molar-refractivity contribution >= 4 is 0 Å². The molecule has 84 valence electrons. The summed E-state index contributed by atoms with van der Waals surface area (Å²) in [7, 11) is 1.97. The minimum Gasteiger partial charge on any atom is -0.381 e. The minimum atomic E-state index is 0.390. The molecule has 0 aromatic rings. The van der Waals surface area contributed by atoms with E-state index >= 15 is 0 Å². The van der Waals surface area contributed by atoms with Gasteiger partial charge in [-0.2, -0.15) is 0 Å². The van der Waals surface area contributed by atoms with Gasteiger partial charge in [0.05, 0.1) is 0 Å². The van der Waals surface area contributed by atoms with Crippen LogP contribution < -0.4 is 10.6 Å². The molecule has 0 unspecified atom stereocenters. The molecule has 0 amide bonds. The van der Waals surface area contributed by atoms with Crippen molar-refractivity contribution in [3.63, 3.8) is 0 Å². The highest BCUT2D eigenvalue weighted by Crippen LogP contribution is 2.33. The van der Waals surface area contributed by atoms with Gasteiger partial charge in [0.2, 0.25) is 0 Å². The highest BCUT2D eigenvalue weighted by atomic mass is 16.5. The first-order valence-corrected chi connectivity index (χ1v) is 5.60. The van der Waals surface area contributed by atoms with Crippen LogP contribution in [0.4, 0.5) is 0 Å². The van der Waals surface area contributed by atoms with Gasteiger partial charge in [0, 0.05) is 26.4 Å². The first kappa shape index (κ1) is 12.0. The summed E-state index contributed by atoms with van der Waals surface area (Å²) in [4.78, 5) is 0. The van der Waals surface area contributed by atoms with Crippen LogP contribution in [0.1, 0.15) is 26.7 Å². The number of hydrogen-bond acceptors (Lipinski definition) is 3. The van der Waals surface area contributed by atoms with Gasteiger partial charge in [-0.3, -0.25) is 0 Å². The zero-order valence-electron chi connectivity index (χ0n) is 9.73. The molecule has 1 fully saturated rings. The molecule has 3 heteroatoms. The molecule has 0 aromatic heterocycles. The van der Waals surface area contributed by atoms with Gasteiger partial charge in [-0.25, -0.2) is 0 Å². The van der Waals surface area contributed by atoms with E-state index in [0.717, 1.165) is 32.3 Å². The van der Waals surface area contributed by atoms with Gasteiger partial charge in [0.15, 0.2) is 0 Å². The molecule has 0 spiro atoms. The first-order valence-electron chi connectivity index (χ1n) is 5.60. The van der Waals surface area contributed by atoms with Crippen molar-refractivity contribution in [2.75, 3.05) is 33.5 Å². The summed E-state index contributed by atoms with van der Waals surface area (Å²) in [5.74, 6) is 0.806. The molecule has 14 heavy (non-hydrogen) atoms. The number of nitrogens with one attached hydrogen (secondary N) is 2. The Bertz CT molecular complexity index is 153. The standard InChI is InChI=1S/C11H24N2O/c1-11(2,8-13-9-12-3)10-4-6-14-7-5-10/h10,12-13H,4-9H2,1-3H3. The molecule has 0 bridgehead atoms. The van der Waals surface area contributed by atoms with Crippen LogP contribution in [-0.2, 0) is 4.74 Å². The lowest BCUT2D eigenvalue weighted by Gasteiger charge is -2.37. The van der Waals surface area contributed by atoms with Crippen molar-refractivity contribution in [2.24, 2.45) is 11.3 Å². The Morgan fingerprint density at radius 2 is 1.93 bits per heavy atom. The lowest BCUT2D eigenvalue weighted by Crippen LogP contribution is -2.40. The molecule has 0 atom stereocenters. The number of rotatable bonds is 5. The predicted molar refractivity (Wildman–Crippen MR) is 59.3 cm³/mol. The SMILES string of the molecule is CNCNCC(C)(C)C1CCOCC1. The third-order valence-electron chi connectivity index (χ3n) is 3.21. The second-order valence-electron chi connectivity index (χ2n) is 4.83. The molecular weight excluding hydrogens is 176 g/mol. The highest BCUT2D eigenvalue weighted by Gasteiger charge is 2.30. The summed E-state index contributed by atoms with van der Waals surface area (Å²) in [6.45, 7) is 8.57. The van der Waals surface area contributed by atoms with E-state index in [1.807, 2.05) is 7.05 Å².